The Labute approximate surface area is 197 Å². The van der Waals surface area contributed by atoms with Gasteiger partial charge in [0.1, 0.15) is 0 Å². The van der Waals surface area contributed by atoms with Crippen LogP contribution >= 0.6 is 22.9 Å². The number of hydrogen-bond acceptors (Lipinski definition) is 6. The summed E-state index contributed by atoms with van der Waals surface area (Å²) in [4.78, 5) is 28.0. The maximum absolute atomic E-state index is 13.7. The number of likely N-dealkylation sites (tertiary alicyclic amines) is 1. The second kappa shape index (κ2) is 9.74. The Bertz CT molecular complexity index is 1130. The summed E-state index contributed by atoms with van der Waals surface area (Å²) >= 11 is 7.70. The molecule has 1 saturated heterocycles. The largest absolute Gasteiger partial charge is 0.350 e. The van der Waals surface area contributed by atoms with E-state index < -0.39 is 17.6 Å². The number of aromatic nitrogens is 3. The zero-order valence-electron chi connectivity index (χ0n) is 17.7. The number of carbonyl (C=O) groups is 1. The number of thiazole rings is 1. The molecule has 3 aromatic rings. The molecule has 1 atom stereocenters. The molecule has 1 fully saturated rings. The highest BCUT2D eigenvalue weighted by Gasteiger charge is 2.37. The minimum atomic E-state index is -2.66. The van der Waals surface area contributed by atoms with Gasteiger partial charge in [-0.05, 0) is 25.1 Å². The molecule has 6 nitrogen and oxygen atoms in total. The van der Waals surface area contributed by atoms with E-state index in [1.54, 1.807) is 23.7 Å². The van der Waals surface area contributed by atoms with Gasteiger partial charge in [0.15, 0.2) is 11.6 Å². The predicted molar refractivity (Wildman–Crippen MR) is 120 cm³/mol. The molecule has 3 heterocycles. The van der Waals surface area contributed by atoms with Gasteiger partial charge in [0.2, 0.25) is 0 Å². The summed E-state index contributed by atoms with van der Waals surface area (Å²) in [5.74, 6) is -3.39. The Balaban J connectivity index is 1.52. The highest BCUT2D eigenvalue weighted by molar-refractivity contribution is 7.09. The fourth-order valence-electron chi connectivity index (χ4n) is 3.77. The number of nitrogens with zero attached hydrogens (tertiary/aromatic N) is 4. The van der Waals surface area contributed by atoms with Gasteiger partial charge in [0.05, 0.1) is 40.2 Å². The van der Waals surface area contributed by atoms with Crippen molar-refractivity contribution in [3.63, 3.8) is 0 Å². The maximum atomic E-state index is 13.7. The minimum Gasteiger partial charge on any atom is -0.350 e. The van der Waals surface area contributed by atoms with Crippen molar-refractivity contribution in [2.45, 2.75) is 31.7 Å². The Hall–Kier alpha value is -2.56. The van der Waals surface area contributed by atoms with Gasteiger partial charge in [-0.2, -0.15) is 0 Å². The lowest BCUT2D eigenvalue weighted by atomic mass is 10.0. The number of nitrogens with one attached hydrogen (secondary N) is 1. The van der Waals surface area contributed by atoms with E-state index in [0.29, 0.717) is 5.56 Å². The fourth-order valence-corrected chi connectivity index (χ4v) is 4.91. The summed E-state index contributed by atoms with van der Waals surface area (Å²) in [6.07, 6.45) is 1.64. The Morgan fingerprint density at radius 2 is 1.94 bits per heavy atom. The van der Waals surface area contributed by atoms with E-state index in [1.807, 2.05) is 11.8 Å². The zero-order chi connectivity index (χ0) is 23.6. The summed E-state index contributed by atoms with van der Waals surface area (Å²) in [6, 6.07) is 4.46. The monoisotopic (exact) mass is 495 g/mol. The van der Waals surface area contributed by atoms with Gasteiger partial charge in [-0.15, -0.1) is 11.3 Å². The quantitative estimate of drug-likeness (QED) is 0.526. The molecule has 11 heteroatoms. The third-order valence-corrected chi connectivity index (χ3v) is 6.96. The van der Waals surface area contributed by atoms with Crippen LogP contribution in [0.15, 0.2) is 36.1 Å². The number of amides is 1. The van der Waals surface area contributed by atoms with Crippen molar-refractivity contribution in [3.8, 4) is 11.4 Å². The van der Waals surface area contributed by atoms with Crippen LogP contribution in [-0.4, -0.2) is 51.3 Å². The van der Waals surface area contributed by atoms with Gasteiger partial charge in [-0.3, -0.25) is 9.69 Å². The lowest BCUT2D eigenvalue weighted by Crippen LogP contribution is -2.45. The van der Waals surface area contributed by atoms with Crippen LogP contribution in [0, 0.1) is 12.7 Å². The first kappa shape index (κ1) is 23.6. The maximum Gasteiger partial charge on any atom is 0.252 e. The average molecular weight is 496 g/mol. The van der Waals surface area contributed by atoms with Crippen LogP contribution in [0.4, 0.5) is 13.2 Å². The number of aryl methyl sites for hydroxylation is 1. The average Bonchev–Trinajstić information content (AvgIpc) is 3.21. The Morgan fingerprint density at radius 1 is 1.24 bits per heavy atom. The van der Waals surface area contributed by atoms with Gasteiger partial charge in [0, 0.05) is 42.9 Å². The number of alkyl halides is 2. The number of piperidine rings is 1. The topological polar surface area (TPSA) is 71.0 Å². The van der Waals surface area contributed by atoms with Gasteiger partial charge in [0.25, 0.3) is 11.8 Å². The number of halogens is 4. The van der Waals surface area contributed by atoms with Gasteiger partial charge in [-0.1, -0.05) is 11.6 Å². The normalized spacial score (nSPS) is 17.0. The van der Waals surface area contributed by atoms with Crippen molar-refractivity contribution < 1.29 is 18.0 Å². The van der Waals surface area contributed by atoms with Crippen LogP contribution in [0.1, 0.15) is 39.8 Å². The van der Waals surface area contributed by atoms with Crippen molar-refractivity contribution >= 4 is 28.8 Å². The molecule has 0 unspecified atom stereocenters. The molecule has 1 N–H and O–H groups in total. The Kier molecular flexibility index (Phi) is 6.96. The van der Waals surface area contributed by atoms with Crippen LogP contribution in [0.5, 0.6) is 0 Å². The second-order valence-corrected chi connectivity index (χ2v) is 9.13. The lowest BCUT2D eigenvalue weighted by Gasteiger charge is -2.37. The standard InChI is InChI=1S/C22H21ClF3N5OS/c1-13-19(33-12-30-13)18(31-6-4-22(25,26)5-7-31)11-29-21(32)16-8-14(2-3-17(16)23)20-27-9-15(24)10-28-20/h2-3,8-10,12,18H,4-7,11H2,1H3,(H,29,32)/t18-/m1/s1. The molecule has 1 aliphatic rings. The number of hydrogen-bond donors (Lipinski definition) is 1. The summed E-state index contributed by atoms with van der Waals surface area (Å²) in [5, 5.41) is 3.12. The molecule has 0 aliphatic carbocycles. The highest BCUT2D eigenvalue weighted by atomic mass is 35.5. The van der Waals surface area contributed by atoms with Crippen molar-refractivity contribution in [1.29, 1.82) is 0 Å². The van der Waals surface area contributed by atoms with Crippen molar-refractivity contribution in [2.24, 2.45) is 0 Å². The van der Waals surface area contributed by atoms with E-state index in [0.717, 1.165) is 23.0 Å². The third kappa shape index (κ3) is 5.51. The summed E-state index contributed by atoms with van der Waals surface area (Å²) in [6.45, 7) is 2.52. The van der Waals surface area contributed by atoms with Crippen LogP contribution in [0.2, 0.25) is 5.02 Å². The molecule has 1 amide bonds. The van der Waals surface area contributed by atoms with Crippen molar-refractivity contribution in [2.75, 3.05) is 19.6 Å². The lowest BCUT2D eigenvalue weighted by molar-refractivity contribution is -0.0629. The summed E-state index contributed by atoms with van der Waals surface area (Å²) in [7, 11) is 0. The number of benzene rings is 1. The zero-order valence-corrected chi connectivity index (χ0v) is 19.3. The van der Waals surface area contributed by atoms with Crippen molar-refractivity contribution in [3.05, 3.63) is 63.1 Å². The number of rotatable bonds is 6. The van der Waals surface area contributed by atoms with Crippen LogP contribution < -0.4 is 5.32 Å². The first-order valence-electron chi connectivity index (χ1n) is 10.3. The van der Waals surface area contributed by atoms with E-state index in [9.17, 15) is 18.0 Å². The predicted octanol–water partition coefficient (Wildman–Crippen LogP) is 4.90. The van der Waals surface area contributed by atoms with Crippen molar-refractivity contribution in [1.82, 2.24) is 25.2 Å². The smallest absolute Gasteiger partial charge is 0.252 e. The molecule has 0 bridgehead atoms. The molecule has 0 spiro atoms. The minimum absolute atomic E-state index is 0.209. The molecule has 174 valence electrons. The molecule has 0 radical (unpaired) electrons. The molecule has 1 aromatic carbocycles. The third-order valence-electron chi connectivity index (χ3n) is 5.60. The van der Waals surface area contributed by atoms with Gasteiger partial charge >= 0.3 is 0 Å². The molecule has 0 saturated carbocycles. The molecule has 1 aliphatic heterocycles. The van der Waals surface area contributed by atoms with Crippen LogP contribution in [0.3, 0.4) is 0 Å². The van der Waals surface area contributed by atoms with E-state index in [2.05, 4.69) is 20.3 Å². The number of carbonyl (C=O) groups excluding carboxylic acids is 1. The highest BCUT2D eigenvalue weighted by Crippen LogP contribution is 2.34. The summed E-state index contributed by atoms with van der Waals surface area (Å²) < 4.78 is 40.5. The first-order valence-corrected chi connectivity index (χ1v) is 11.6. The molecule has 2 aromatic heterocycles. The van der Waals surface area contributed by atoms with E-state index in [-0.39, 0.29) is 54.9 Å². The van der Waals surface area contributed by atoms with E-state index >= 15 is 0 Å². The SMILES string of the molecule is Cc1ncsc1[C@@H](CNC(=O)c1cc(-c2ncc(F)cn2)ccc1Cl)N1CCC(F)(F)CC1. The molecular weight excluding hydrogens is 475 g/mol. The molecular formula is C22H21ClF3N5OS. The van der Waals surface area contributed by atoms with Gasteiger partial charge < -0.3 is 5.32 Å². The second-order valence-electron chi connectivity index (χ2n) is 7.84. The Morgan fingerprint density at radius 3 is 2.58 bits per heavy atom. The van der Waals surface area contributed by atoms with Crippen LogP contribution in [-0.2, 0) is 0 Å². The van der Waals surface area contributed by atoms with Crippen LogP contribution in [0.25, 0.3) is 11.4 Å². The van der Waals surface area contributed by atoms with E-state index in [1.165, 1.54) is 11.3 Å². The molecule has 33 heavy (non-hydrogen) atoms. The molecule has 4 rings (SSSR count). The first-order chi connectivity index (χ1) is 15.7. The van der Waals surface area contributed by atoms with E-state index in [4.69, 9.17) is 11.6 Å². The van der Waals surface area contributed by atoms with Gasteiger partial charge in [-0.25, -0.2) is 28.1 Å². The fraction of sp³-hybridized carbons (Fsp3) is 0.364. The summed E-state index contributed by atoms with van der Waals surface area (Å²) in [5.41, 5.74) is 3.25.